The fourth-order valence-electron chi connectivity index (χ4n) is 1.35. The van der Waals surface area contributed by atoms with Gasteiger partial charge in [-0.25, -0.2) is 4.98 Å². The number of nitrogens with zero attached hydrogens (tertiary/aromatic N) is 1. The van der Waals surface area contributed by atoms with Gasteiger partial charge in [0.05, 0.1) is 5.56 Å². The molecule has 4 nitrogen and oxygen atoms in total. The van der Waals surface area contributed by atoms with Gasteiger partial charge in [0.1, 0.15) is 5.82 Å². The molecule has 18 heavy (non-hydrogen) atoms. The molecule has 0 spiro atoms. The minimum Gasteiger partial charge on any atom is -0.481 e. The zero-order chi connectivity index (χ0) is 13.8. The molecule has 0 fully saturated rings. The molecule has 100 valence electrons. The summed E-state index contributed by atoms with van der Waals surface area (Å²) in [7, 11) is 0. The van der Waals surface area contributed by atoms with E-state index in [0.717, 1.165) is 18.3 Å². The van der Waals surface area contributed by atoms with Crippen molar-refractivity contribution in [2.45, 2.75) is 19.5 Å². The number of pyridine rings is 1. The van der Waals surface area contributed by atoms with Crippen molar-refractivity contribution < 1.29 is 23.1 Å². The van der Waals surface area contributed by atoms with Gasteiger partial charge in [0.15, 0.2) is 0 Å². The first-order valence-corrected chi connectivity index (χ1v) is 5.28. The van der Waals surface area contributed by atoms with E-state index in [0.29, 0.717) is 0 Å². The summed E-state index contributed by atoms with van der Waals surface area (Å²) in [5.74, 6) is -1.05. The number of nitrogens with one attached hydrogen (secondary N) is 1. The van der Waals surface area contributed by atoms with Crippen molar-refractivity contribution in [1.82, 2.24) is 4.98 Å². The van der Waals surface area contributed by atoms with E-state index in [1.165, 1.54) is 0 Å². The number of carbonyl (C=O) groups is 1. The molecule has 1 aromatic heterocycles. The van der Waals surface area contributed by atoms with Crippen LogP contribution in [-0.2, 0) is 11.0 Å². The number of halogens is 3. The van der Waals surface area contributed by atoms with E-state index in [2.05, 4.69) is 10.3 Å². The molecule has 1 aromatic rings. The van der Waals surface area contributed by atoms with Crippen molar-refractivity contribution in [2.75, 3.05) is 11.9 Å². The van der Waals surface area contributed by atoms with Crippen LogP contribution in [0.15, 0.2) is 18.3 Å². The summed E-state index contributed by atoms with van der Waals surface area (Å²) >= 11 is 0. The Morgan fingerprint density at radius 3 is 2.78 bits per heavy atom. The number of aliphatic carboxylic acids is 1. The highest BCUT2D eigenvalue weighted by molar-refractivity contribution is 5.67. The van der Waals surface area contributed by atoms with E-state index in [4.69, 9.17) is 5.11 Å². The molecule has 0 radical (unpaired) electrons. The normalized spacial score (nSPS) is 13.1. The standard InChI is InChI=1S/C11H13F3N2O2/c1-7(4-10(17)18)6-16-9-5-8(2-3-15-9)11(12,13)14/h2-3,5,7H,4,6H2,1H3,(H,15,16)(H,17,18). The minimum absolute atomic E-state index is 0.0496. The second-order valence-electron chi connectivity index (χ2n) is 4.01. The van der Waals surface area contributed by atoms with Crippen LogP contribution in [0.1, 0.15) is 18.9 Å². The SMILES string of the molecule is CC(CNc1cc(C(F)(F)F)ccn1)CC(=O)O. The number of hydrogen-bond donors (Lipinski definition) is 2. The van der Waals surface area contributed by atoms with Gasteiger partial charge in [-0.15, -0.1) is 0 Å². The third kappa shape index (κ3) is 4.60. The first-order chi connectivity index (χ1) is 8.29. The smallest absolute Gasteiger partial charge is 0.416 e. The van der Waals surface area contributed by atoms with E-state index >= 15 is 0 Å². The molecule has 1 atom stereocenters. The van der Waals surface area contributed by atoms with Crippen LogP contribution < -0.4 is 5.32 Å². The molecule has 0 aliphatic carbocycles. The lowest BCUT2D eigenvalue weighted by atomic mass is 10.1. The van der Waals surface area contributed by atoms with Crippen molar-refractivity contribution in [1.29, 1.82) is 0 Å². The molecule has 0 aliphatic rings. The average Bonchev–Trinajstić information content (AvgIpc) is 2.25. The Bertz CT molecular complexity index is 421. The monoisotopic (exact) mass is 262 g/mol. The number of carboxylic acids is 1. The summed E-state index contributed by atoms with van der Waals surface area (Å²) in [6.07, 6.45) is -3.40. The van der Waals surface area contributed by atoms with E-state index in [1.807, 2.05) is 0 Å². The van der Waals surface area contributed by atoms with Crippen LogP contribution in [0.2, 0.25) is 0 Å². The van der Waals surface area contributed by atoms with Crippen LogP contribution in [0, 0.1) is 5.92 Å². The molecule has 0 aromatic carbocycles. The fourth-order valence-corrected chi connectivity index (χ4v) is 1.35. The maximum Gasteiger partial charge on any atom is 0.416 e. The Kier molecular flexibility index (Phi) is 4.52. The number of anilines is 1. The second-order valence-corrected chi connectivity index (χ2v) is 4.01. The average molecular weight is 262 g/mol. The van der Waals surface area contributed by atoms with Crippen LogP contribution >= 0.6 is 0 Å². The maximum atomic E-state index is 12.4. The zero-order valence-electron chi connectivity index (χ0n) is 9.66. The summed E-state index contributed by atoms with van der Waals surface area (Å²) < 4.78 is 37.2. The lowest BCUT2D eigenvalue weighted by molar-refractivity contribution is -0.138. The van der Waals surface area contributed by atoms with Gasteiger partial charge in [-0.05, 0) is 18.1 Å². The molecule has 0 amide bonds. The number of aromatic nitrogens is 1. The Morgan fingerprint density at radius 2 is 2.22 bits per heavy atom. The highest BCUT2D eigenvalue weighted by Crippen LogP contribution is 2.29. The molecule has 0 aliphatic heterocycles. The van der Waals surface area contributed by atoms with Crippen LogP contribution in [0.3, 0.4) is 0 Å². The van der Waals surface area contributed by atoms with Gasteiger partial charge in [0.2, 0.25) is 0 Å². The van der Waals surface area contributed by atoms with Gasteiger partial charge in [0, 0.05) is 19.2 Å². The highest BCUT2D eigenvalue weighted by Gasteiger charge is 2.30. The van der Waals surface area contributed by atoms with Crippen LogP contribution in [0.4, 0.5) is 19.0 Å². The predicted octanol–water partition coefficient (Wildman–Crippen LogP) is 2.62. The van der Waals surface area contributed by atoms with Crippen molar-refractivity contribution in [3.63, 3.8) is 0 Å². The first-order valence-electron chi connectivity index (χ1n) is 5.28. The van der Waals surface area contributed by atoms with Crippen molar-refractivity contribution >= 4 is 11.8 Å². The maximum absolute atomic E-state index is 12.4. The molecule has 0 saturated carbocycles. The van der Waals surface area contributed by atoms with Gasteiger partial charge in [-0.1, -0.05) is 6.92 Å². The Morgan fingerprint density at radius 1 is 1.56 bits per heavy atom. The summed E-state index contributed by atoms with van der Waals surface area (Å²) in [6.45, 7) is 1.94. The molecule has 1 heterocycles. The lowest BCUT2D eigenvalue weighted by Gasteiger charge is -2.12. The quantitative estimate of drug-likeness (QED) is 0.856. The van der Waals surface area contributed by atoms with Gasteiger partial charge < -0.3 is 10.4 Å². The third-order valence-electron chi connectivity index (χ3n) is 2.24. The number of rotatable bonds is 5. The molecule has 0 bridgehead atoms. The Balaban J connectivity index is 2.60. The van der Waals surface area contributed by atoms with E-state index in [9.17, 15) is 18.0 Å². The van der Waals surface area contributed by atoms with Crippen LogP contribution in [0.25, 0.3) is 0 Å². The lowest BCUT2D eigenvalue weighted by Crippen LogP contribution is -2.16. The molecule has 2 N–H and O–H groups in total. The van der Waals surface area contributed by atoms with Gasteiger partial charge in [0.25, 0.3) is 0 Å². The predicted molar refractivity (Wildman–Crippen MR) is 59.1 cm³/mol. The Labute approximate surface area is 102 Å². The van der Waals surface area contributed by atoms with Crippen LogP contribution in [-0.4, -0.2) is 22.6 Å². The molecule has 1 unspecified atom stereocenters. The molecule has 0 saturated heterocycles. The van der Waals surface area contributed by atoms with Crippen molar-refractivity contribution in [2.24, 2.45) is 5.92 Å². The van der Waals surface area contributed by atoms with Gasteiger partial charge >= 0.3 is 12.1 Å². The second kappa shape index (κ2) is 5.70. The highest BCUT2D eigenvalue weighted by atomic mass is 19.4. The van der Waals surface area contributed by atoms with Crippen LogP contribution in [0.5, 0.6) is 0 Å². The molecule has 7 heteroatoms. The van der Waals surface area contributed by atoms with E-state index < -0.39 is 17.7 Å². The third-order valence-corrected chi connectivity index (χ3v) is 2.24. The summed E-state index contributed by atoms with van der Waals surface area (Å²) in [6, 6.07) is 1.78. The fraction of sp³-hybridized carbons (Fsp3) is 0.455. The number of hydrogen-bond acceptors (Lipinski definition) is 3. The van der Waals surface area contributed by atoms with Crippen molar-refractivity contribution in [3.8, 4) is 0 Å². The van der Waals surface area contributed by atoms with Gasteiger partial charge in [-0.2, -0.15) is 13.2 Å². The first kappa shape index (κ1) is 14.3. The molecular formula is C11H13F3N2O2. The zero-order valence-corrected chi connectivity index (χ0v) is 9.66. The number of alkyl halides is 3. The van der Waals surface area contributed by atoms with Crippen molar-refractivity contribution in [3.05, 3.63) is 23.9 Å². The van der Waals surface area contributed by atoms with E-state index in [1.54, 1.807) is 6.92 Å². The molecular weight excluding hydrogens is 249 g/mol. The topological polar surface area (TPSA) is 62.2 Å². The minimum atomic E-state index is -4.41. The summed E-state index contributed by atoms with van der Waals surface area (Å²) in [5.41, 5.74) is -0.786. The molecule has 1 rings (SSSR count). The Hall–Kier alpha value is -1.79. The van der Waals surface area contributed by atoms with Gasteiger partial charge in [-0.3, -0.25) is 4.79 Å². The van der Waals surface area contributed by atoms with E-state index in [-0.39, 0.29) is 24.7 Å². The summed E-state index contributed by atoms with van der Waals surface area (Å²) in [4.78, 5) is 14.2. The number of carboxylic acid groups (broad SMARTS) is 1. The largest absolute Gasteiger partial charge is 0.481 e. The summed E-state index contributed by atoms with van der Waals surface area (Å²) in [5, 5.41) is 11.2.